The zero-order valence-electron chi connectivity index (χ0n) is 8.73. The van der Waals surface area contributed by atoms with Gasteiger partial charge in [0.25, 0.3) is 0 Å². The summed E-state index contributed by atoms with van der Waals surface area (Å²) in [6, 6.07) is 5.04. The number of halogens is 1. The van der Waals surface area contributed by atoms with E-state index in [1.165, 1.54) is 7.11 Å². The minimum atomic E-state index is -3.46. The van der Waals surface area contributed by atoms with Crippen LogP contribution in [-0.4, -0.2) is 27.8 Å². The number of benzene rings is 1. The number of anilines is 1. The van der Waals surface area contributed by atoms with Crippen LogP contribution in [-0.2, 0) is 10.0 Å². The van der Waals surface area contributed by atoms with Crippen LogP contribution in [0.25, 0.3) is 0 Å². The van der Waals surface area contributed by atoms with Gasteiger partial charge in [-0.25, -0.2) is 13.6 Å². The highest BCUT2D eigenvalue weighted by Gasteiger charge is 2.05. The fourth-order valence-electron chi connectivity index (χ4n) is 1.15. The lowest BCUT2D eigenvalue weighted by atomic mass is 10.3. The van der Waals surface area contributed by atoms with Crippen LogP contribution in [0.5, 0.6) is 5.75 Å². The minimum absolute atomic E-state index is 0.150. The molecule has 0 saturated heterocycles. The standard InChI is InChI=1S/C9H13ClN2O3S/c1-15-9-3-2-7(10)6-8(9)12-4-5-16(11,13)14/h2-3,6,12H,4-5H2,1H3,(H2,11,13,14). The van der Waals surface area contributed by atoms with Gasteiger partial charge in [-0.1, -0.05) is 11.6 Å². The molecule has 5 nitrogen and oxygen atoms in total. The minimum Gasteiger partial charge on any atom is -0.495 e. The maximum atomic E-state index is 10.7. The fourth-order valence-corrected chi connectivity index (χ4v) is 1.70. The Morgan fingerprint density at radius 2 is 2.19 bits per heavy atom. The number of rotatable bonds is 5. The molecule has 1 rings (SSSR count). The van der Waals surface area contributed by atoms with E-state index in [9.17, 15) is 8.42 Å². The molecule has 16 heavy (non-hydrogen) atoms. The van der Waals surface area contributed by atoms with E-state index >= 15 is 0 Å². The molecular weight excluding hydrogens is 252 g/mol. The Hall–Kier alpha value is -0.980. The molecule has 0 radical (unpaired) electrons. The Morgan fingerprint density at radius 1 is 1.50 bits per heavy atom. The van der Waals surface area contributed by atoms with E-state index in [4.69, 9.17) is 21.5 Å². The third kappa shape index (κ3) is 4.26. The molecule has 1 aromatic rings. The van der Waals surface area contributed by atoms with E-state index in [1.54, 1.807) is 18.2 Å². The van der Waals surface area contributed by atoms with Crippen molar-refractivity contribution in [1.29, 1.82) is 0 Å². The molecule has 0 amide bonds. The van der Waals surface area contributed by atoms with E-state index < -0.39 is 10.0 Å². The molecule has 0 spiro atoms. The van der Waals surface area contributed by atoms with Crippen molar-refractivity contribution in [3.8, 4) is 5.75 Å². The van der Waals surface area contributed by atoms with Gasteiger partial charge in [-0.3, -0.25) is 0 Å². The van der Waals surface area contributed by atoms with Crippen LogP contribution in [0.2, 0.25) is 5.02 Å². The summed E-state index contributed by atoms with van der Waals surface area (Å²) in [4.78, 5) is 0. The number of methoxy groups -OCH3 is 1. The molecule has 0 atom stereocenters. The van der Waals surface area contributed by atoms with E-state index in [0.29, 0.717) is 16.5 Å². The molecule has 0 saturated carbocycles. The van der Waals surface area contributed by atoms with E-state index in [1.807, 2.05) is 0 Å². The van der Waals surface area contributed by atoms with Crippen LogP contribution in [0.3, 0.4) is 0 Å². The van der Waals surface area contributed by atoms with Gasteiger partial charge >= 0.3 is 0 Å². The van der Waals surface area contributed by atoms with Crippen LogP contribution < -0.4 is 15.2 Å². The number of nitrogens with two attached hydrogens (primary N) is 1. The van der Waals surface area contributed by atoms with Crippen molar-refractivity contribution < 1.29 is 13.2 Å². The van der Waals surface area contributed by atoms with Gasteiger partial charge in [0.2, 0.25) is 10.0 Å². The van der Waals surface area contributed by atoms with Gasteiger partial charge in [0.15, 0.2) is 0 Å². The van der Waals surface area contributed by atoms with Crippen molar-refractivity contribution in [2.75, 3.05) is 24.7 Å². The number of sulfonamides is 1. The first-order valence-corrected chi connectivity index (χ1v) is 6.59. The van der Waals surface area contributed by atoms with Crippen LogP contribution in [0, 0.1) is 0 Å². The topological polar surface area (TPSA) is 81.4 Å². The maximum Gasteiger partial charge on any atom is 0.210 e. The number of ether oxygens (including phenoxy) is 1. The molecule has 3 N–H and O–H groups in total. The summed E-state index contributed by atoms with van der Waals surface area (Å²) in [7, 11) is -1.94. The zero-order valence-corrected chi connectivity index (χ0v) is 10.3. The van der Waals surface area contributed by atoms with Gasteiger partial charge < -0.3 is 10.1 Å². The van der Waals surface area contributed by atoms with Gasteiger partial charge in [-0.15, -0.1) is 0 Å². The highest BCUT2D eigenvalue weighted by molar-refractivity contribution is 7.89. The van der Waals surface area contributed by atoms with Gasteiger partial charge in [0.05, 0.1) is 18.6 Å². The Bertz CT molecular complexity index is 462. The van der Waals surface area contributed by atoms with Crippen LogP contribution in [0.4, 0.5) is 5.69 Å². The number of hydrogen-bond acceptors (Lipinski definition) is 4. The van der Waals surface area contributed by atoms with Crippen molar-refractivity contribution >= 4 is 27.3 Å². The van der Waals surface area contributed by atoms with Crippen molar-refractivity contribution in [2.45, 2.75) is 0 Å². The molecule has 7 heteroatoms. The first kappa shape index (κ1) is 13.1. The Morgan fingerprint density at radius 3 is 2.75 bits per heavy atom. The number of primary sulfonamides is 1. The normalized spacial score (nSPS) is 11.2. The molecule has 1 aromatic carbocycles. The molecule has 0 aliphatic heterocycles. The molecule has 90 valence electrons. The average Bonchev–Trinajstić information content (AvgIpc) is 2.16. The quantitative estimate of drug-likeness (QED) is 0.833. The van der Waals surface area contributed by atoms with Gasteiger partial charge in [0.1, 0.15) is 5.75 Å². The monoisotopic (exact) mass is 264 g/mol. The van der Waals surface area contributed by atoms with Gasteiger partial charge in [-0.05, 0) is 18.2 Å². The number of hydrogen-bond donors (Lipinski definition) is 2. The molecule has 0 heterocycles. The highest BCUT2D eigenvalue weighted by Crippen LogP contribution is 2.27. The average molecular weight is 265 g/mol. The summed E-state index contributed by atoms with van der Waals surface area (Å²) in [5.41, 5.74) is 0.638. The van der Waals surface area contributed by atoms with Crippen molar-refractivity contribution in [2.24, 2.45) is 5.14 Å². The second-order valence-electron chi connectivity index (χ2n) is 3.14. The van der Waals surface area contributed by atoms with E-state index in [-0.39, 0.29) is 12.3 Å². The van der Waals surface area contributed by atoms with Crippen molar-refractivity contribution in [1.82, 2.24) is 0 Å². The van der Waals surface area contributed by atoms with Gasteiger partial charge in [0, 0.05) is 11.6 Å². The summed E-state index contributed by atoms with van der Waals surface area (Å²) in [6.45, 7) is 0.204. The number of nitrogens with one attached hydrogen (secondary N) is 1. The second-order valence-corrected chi connectivity index (χ2v) is 5.31. The maximum absolute atomic E-state index is 10.7. The van der Waals surface area contributed by atoms with Gasteiger partial charge in [-0.2, -0.15) is 0 Å². The molecule has 0 aliphatic rings. The molecular formula is C9H13ClN2O3S. The summed E-state index contributed by atoms with van der Waals surface area (Å²) < 4.78 is 26.5. The van der Waals surface area contributed by atoms with Crippen molar-refractivity contribution in [3.63, 3.8) is 0 Å². The van der Waals surface area contributed by atoms with Crippen LogP contribution in [0.1, 0.15) is 0 Å². The summed E-state index contributed by atoms with van der Waals surface area (Å²) in [6.07, 6.45) is 0. The molecule has 0 unspecified atom stereocenters. The van der Waals surface area contributed by atoms with Crippen LogP contribution >= 0.6 is 11.6 Å². The first-order chi connectivity index (χ1) is 7.42. The SMILES string of the molecule is COc1ccc(Cl)cc1NCCS(N)(=O)=O. The molecule has 0 aromatic heterocycles. The fraction of sp³-hybridized carbons (Fsp3) is 0.333. The molecule has 0 fully saturated rings. The first-order valence-electron chi connectivity index (χ1n) is 4.50. The zero-order chi connectivity index (χ0) is 12.2. The van der Waals surface area contributed by atoms with E-state index in [0.717, 1.165) is 0 Å². The highest BCUT2D eigenvalue weighted by atomic mass is 35.5. The Kier molecular flexibility index (Phi) is 4.40. The van der Waals surface area contributed by atoms with Crippen molar-refractivity contribution in [3.05, 3.63) is 23.2 Å². The smallest absolute Gasteiger partial charge is 0.210 e. The predicted octanol–water partition coefficient (Wildman–Crippen LogP) is 1.05. The predicted molar refractivity (Wildman–Crippen MR) is 64.5 cm³/mol. The lowest BCUT2D eigenvalue weighted by Crippen LogP contribution is -2.22. The van der Waals surface area contributed by atoms with E-state index in [2.05, 4.69) is 5.32 Å². The van der Waals surface area contributed by atoms with Crippen LogP contribution in [0.15, 0.2) is 18.2 Å². The second kappa shape index (κ2) is 5.38. The lowest BCUT2D eigenvalue weighted by Gasteiger charge is -2.10. The third-order valence-corrected chi connectivity index (χ3v) is 2.87. The third-order valence-electron chi connectivity index (χ3n) is 1.86. The summed E-state index contributed by atoms with van der Waals surface area (Å²) in [5.74, 6) is 0.446. The largest absolute Gasteiger partial charge is 0.495 e. The Labute approximate surface area is 99.6 Å². The summed E-state index contributed by atoms with van der Waals surface area (Å²) in [5, 5.41) is 8.31. The lowest BCUT2D eigenvalue weighted by molar-refractivity contribution is 0.416. The molecule has 0 aliphatic carbocycles. The molecule has 0 bridgehead atoms. The Balaban J connectivity index is 2.69. The summed E-state index contributed by atoms with van der Waals surface area (Å²) >= 11 is 5.80.